The summed E-state index contributed by atoms with van der Waals surface area (Å²) in [6.45, 7) is 8.87. The van der Waals surface area contributed by atoms with Gasteiger partial charge in [-0.25, -0.2) is 4.68 Å². The van der Waals surface area contributed by atoms with Crippen molar-refractivity contribution in [1.82, 2.24) is 24.9 Å². The molecule has 2 amide bonds. The molecule has 32 heavy (non-hydrogen) atoms. The predicted octanol–water partition coefficient (Wildman–Crippen LogP) is 0.995. The number of amides is 2. The molecule has 1 aliphatic rings. The number of rotatable bonds is 7. The van der Waals surface area contributed by atoms with Gasteiger partial charge in [0.1, 0.15) is 18.1 Å². The van der Waals surface area contributed by atoms with Crippen LogP contribution in [0.4, 0.5) is 0 Å². The van der Waals surface area contributed by atoms with Crippen molar-refractivity contribution in [2.45, 2.75) is 32.9 Å². The third kappa shape index (κ3) is 6.91. The van der Waals surface area contributed by atoms with Crippen molar-refractivity contribution in [3.63, 3.8) is 0 Å². The first-order valence-electron chi connectivity index (χ1n) is 10.8. The van der Waals surface area contributed by atoms with Gasteiger partial charge in [0.25, 0.3) is 11.5 Å². The number of hydrogen-bond acceptors (Lipinski definition) is 6. The summed E-state index contributed by atoms with van der Waals surface area (Å²) in [7, 11) is 0. The van der Waals surface area contributed by atoms with Gasteiger partial charge >= 0.3 is 0 Å². The van der Waals surface area contributed by atoms with Crippen molar-refractivity contribution in [2.75, 3.05) is 39.3 Å². The van der Waals surface area contributed by atoms with Gasteiger partial charge in [0.05, 0.1) is 13.1 Å². The fourth-order valence-electron chi connectivity index (χ4n) is 3.42. The van der Waals surface area contributed by atoms with E-state index in [0.29, 0.717) is 38.5 Å². The Labute approximate surface area is 188 Å². The van der Waals surface area contributed by atoms with Crippen LogP contribution >= 0.6 is 0 Å². The number of piperazine rings is 1. The van der Waals surface area contributed by atoms with Gasteiger partial charge in [-0.1, -0.05) is 18.2 Å². The highest BCUT2D eigenvalue weighted by molar-refractivity contribution is 5.92. The highest BCUT2D eigenvalue weighted by atomic mass is 16.5. The van der Waals surface area contributed by atoms with E-state index in [1.54, 1.807) is 4.90 Å². The van der Waals surface area contributed by atoms with Crippen molar-refractivity contribution in [2.24, 2.45) is 0 Å². The van der Waals surface area contributed by atoms with E-state index in [1.807, 2.05) is 56.0 Å². The fourth-order valence-corrected chi connectivity index (χ4v) is 3.42. The van der Waals surface area contributed by atoms with Crippen LogP contribution in [0.1, 0.15) is 31.3 Å². The summed E-state index contributed by atoms with van der Waals surface area (Å²) in [4.78, 5) is 40.9. The molecule has 0 unspecified atom stereocenters. The lowest BCUT2D eigenvalue weighted by atomic mass is 10.1. The number of carbonyl (C=O) groups is 2. The summed E-state index contributed by atoms with van der Waals surface area (Å²) in [6.07, 6.45) is 0. The Hall–Kier alpha value is -3.20. The molecule has 0 saturated carbocycles. The minimum atomic E-state index is -0.284. The molecule has 0 bridgehead atoms. The SMILES string of the molecule is CC(C)(C)NC(=O)CN1CCN(C(=O)c2ccc(=O)n(CCOc3ccccc3)n2)CC1. The first kappa shape index (κ1) is 23.5. The van der Waals surface area contributed by atoms with Crippen molar-refractivity contribution >= 4 is 11.8 Å². The number of para-hydroxylation sites is 1. The maximum absolute atomic E-state index is 12.9. The van der Waals surface area contributed by atoms with Crippen LogP contribution in [0.25, 0.3) is 0 Å². The molecule has 0 radical (unpaired) electrons. The molecule has 172 valence electrons. The van der Waals surface area contributed by atoms with Crippen LogP contribution in [0.3, 0.4) is 0 Å². The van der Waals surface area contributed by atoms with Gasteiger partial charge in [-0.3, -0.25) is 19.3 Å². The van der Waals surface area contributed by atoms with Crippen molar-refractivity contribution < 1.29 is 14.3 Å². The van der Waals surface area contributed by atoms with Crippen molar-refractivity contribution in [3.05, 3.63) is 58.5 Å². The van der Waals surface area contributed by atoms with E-state index in [4.69, 9.17) is 4.74 Å². The molecular formula is C23H31N5O4. The van der Waals surface area contributed by atoms with E-state index in [9.17, 15) is 14.4 Å². The highest BCUT2D eigenvalue weighted by Gasteiger charge is 2.25. The molecule has 1 N–H and O–H groups in total. The molecule has 3 rings (SSSR count). The Balaban J connectivity index is 1.52. The maximum Gasteiger partial charge on any atom is 0.274 e. The number of nitrogens with zero attached hydrogens (tertiary/aromatic N) is 4. The summed E-state index contributed by atoms with van der Waals surface area (Å²) in [5.41, 5.74) is -0.327. The zero-order valence-corrected chi connectivity index (χ0v) is 18.9. The summed E-state index contributed by atoms with van der Waals surface area (Å²) in [5.74, 6) is 0.465. The van der Waals surface area contributed by atoms with Gasteiger partial charge in [0.2, 0.25) is 5.91 Å². The zero-order chi connectivity index (χ0) is 23.1. The number of aromatic nitrogens is 2. The molecule has 0 spiro atoms. The lowest BCUT2D eigenvalue weighted by molar-refractivity contribution is -0.124. The van der Waals surface area contributed by atoms with Crippen molar-refractivity contribution in [1.29, 1.82) is 0 Å². The molecule has 9 nitrogen and oxygen atoms in total. The van der Waals surface area contributed by atoms with Crippen LogP contribution in [0.15, 0.2) is 47.3 Å². The minimum Gasteiger partial charge on any atom is -0.492 e. The number of nitrogens with one attached hydrogen (secondary N) is 1. The standard InChI is InChI=1S/C23H31N5O4/c1-23(2,3)24-20(29)17-26-11-13-27(14-12-26)22(31)19-9-10-21(30)28(25-19)15-16-32-18-7-5-4-6-8-18/h4-10H,11-17H2,1-3H3,(H,24,29). The quantitative estimate of drug-likeness (QED) is 0.689. The average molecular weight is 442 g/mol. The molecule has 2 heterocycles. The summed E-state index contributed by atoms with van der Waals surface area (Å²) >= 11 is 0. The number of carbonyl (C=O) groups excluding carboxylic acids is 2. The lowest BCUT2D eigenvalue weighted by Gasteiger charge is -2.34. The number of ether oxygens (including phenoxy) is 1. The first-order valence-corrected chi connectivity index (χ1v) is 10.8. The van der Waals surface area contributed by atoms with Crippen LogP contribution in [0.2, 0.25) is 0 Å². The molecule has 1 aliphatic heterocycles. The van der Waals surface area contributed by atoms with Gasteiger partial charge in [-0.05, 0) is 39.0 Å². The molecule has 0 atom stereocenters. The monoisotopic (exact) mass is 441 g/mol. The van der Waals surface area contributed by atoms with E-state index in [-0.39, 0.29) is 41.8 Å². The Morgan fingerprint density at radius 1 is 1.03 bits per heavy atom. The summed E-state index contributed by atoms with van der Waals surface area (Å²) in [6, 6.07) is 12.1. The molecule has 1 aromatic heterocycles. The predicted molar refractivity (Wildman–Crippen MR) is 121 cm³/mol. The largest absolute Gasteiger partial charge is 0.492 e. The molecular weight excluding hydrogens is 410 g/mol. The Kier molecular flexibility index (Phi) is 7.63. The third-order valence-electron chi connectivity index (χ3n) is 4.94. The Morgan fingerprint density at radius 3 is 2.38 bits per heavy atom. The minimum absolute atomic E-state index is 0.0243. The van der Waals surface area contributed by atoms with Crippen LogP contribution in [0.5, 0.6) is 5.75 Å². The first-order chi connectivity index (χ1) is 15.2. The van der Waals surface area contributed by atoms with Crippen LogP contribution in [-0.4, -0.2) is 76.3 Å². The van der Waals surface area contributed by atoms with Gasteiger partial charge < -0.3 is 15.0 Å². The molecule has 9 heteroatoms. The summed E-state index contributed by atoms with van der Waals surface area (Å²) < 4.78 is 6.88. The van der Waals surface area contributed by atoms with E-state index in [0.717, 1.165) is 0 Å². The van der Waals surface area contributed by atoms with Crippen molar-refractivity contribution in [3.8, 4) is 5.75 Å². The van der Waals surface area contributed by atoms with E-state index in [1.165, 1.54) is 16.8 Å². The lowest BCUT2D eigenvalue weighted by Crippen LogP contribution is -2.53. The molecule has 1 aromatic carbocycles. The Morgan fingerprint density at radius 2 is 1.72 bits per heavy atom. The second-order valence-electron chi connectivity index (χ2n) is 8.81. The fraction of sp³-hybridized carbons (Fsp3) is 0.478. The second-order valence-corrected chi connectivity index (χ2v) is 8.81. The zero-order valence-electron chi connectivity index (χ0n) is 18.9. The molecule has 2 aromatic rings. The van der Waals surface area contributed by atoms with Crippen LogP contribution in [0, 0.1) is 0 Å². The van der Waals surface area contributed by atoms with E-state index < -0.39 is 0 Å². The number of hydrogen-bond donors (Lipinski definition) is 1. The smallest absolute Gasteiger partial charge is 0.274 e. The highest BCUT2D eigenvalue weighted by Crippen LogP contribution is 2.09. The second kappa shape index (κ2) is 10.4. The van der Waals surface area contributed by atoms with Crippen LogP contribution < -0.4 is 15.6 Å². The molecule has 1 fully saturated rings. The summed E-state index contributed by atoms with van der Waals surface area (Å²) in [5, 5.41) is 7.19. The van der Waals surface area contributed by atoms with E-state index in [2.05, 4.69) is 10.4 Å². The average Bonchev–Trinajstić information content (AvgIpc) is 2.74. The van der Waals surface area contributed by atoms with Crippen LogP contribution in [-0.2, 0) is 11.3 Å². The number of benzene rings is 1. The van der Waals surface area contributed by atoms with E-state index >= 15 is 0 Å². The van der Waals surface area contributed by atoms with Gasteiger partial charge in [0, 0.05) is 37.8 Å². The molecule has 0 aliphatic carbocycles. The topological polar surface area (TPSA) is 96.8 Å². The van der Waals surface area contributed by atoms with Gasteiger partial charge in [0.15, 0.2) is 0 Å². The third-order valence-corrected chi connectivity index (χ3v) is 4.94. The Bertz CT molecular complexity index is 976. The maximum atomic E-state index is 12.9. The van der Waals surface area contributed by atoms with Gasteiger partial charge in [-0.15, -0.1) is 0 Å². The normalized spacial score (nSPS) is 14.8. The molecule has 1 saturated heterocycles. The van der Waals surface area contributed by atoms with Gasteiger partial charge in [-0.2, -0.15) is 5.10 Å².